The molecule has 0 atom stereocenters. The second kappa shape index (κ2) is 4.77. The van der Waals surface area contributed by atoms with Crippen molar-refractivity contribution in [2.75, 3.05) is 0 Å². The molecule has 0 aliphatic rings. The number of hydrogen-bond acceptors (Lipinski definition) is 2. The van der Waals surface area contributed by atoms with E-state index in [0.717, 1.165) is 0 Å². The van der Waals surface area contributed by atoms with Crippen LogP contribution in [0.5, 0.6) is 0 Å². The monoisotopic (exact) mass is 157 g/mol. The van der Waals surface area contributed by atoms with Crippen molar-refractivity contribution in [1.82, 2.24) is 5.16 Å². The van der Waals surface area contributed by atoms with Gasteiger partial charge in [0.1, 0.15) is 6.26 Å². The van der Waals surface area contributed by atoms with Gasteiger partial charge >= 0.3 is 0 Å². The first kappa shape index (κ1) is 10.0. The van der Waals surface area contributed by atoms with E-state index in [1.54, 1.807) is 0 Å². The molecule has 1 aromatic heterocycles. The first-order valence-electron chi connectivity index (χ1n) is 3.88. The molecule has 0 spiro atoms. The van der Waals surface area contributed by atoms with Crippen LogP contribution in [-0.2, 0) is 0 Å². The quantitative estimate of drug-likeness (QED) is 0.678. The summed E-state index contributed by atoms with van der Waals surface area (Å²) in [6, 6.07) is 0. The third-order valence-corrected chi connectivity index (χ3v) is 1.22. The van der Waals surface area contributed by atoms with Crippen LogP contribution in [0.15, 0.2) is 15.6 Å². The summed E-state index contributed by atoms with van der Waals surface area (Å²) >= 11 is 0. The van der Waals surface area contributed by atoms with Crippen molar-refractivity contribution in [3.63, 3.8) is 0 Å². The van der Waals surface area contributed by atoms with Crippen molar-refractivity contribution in [2.24, 2.45) is 0 Å². The van der Waals surface area contributed by atoms with E-state index in [2.05, 4.69) is 9.68 Å². The van der Waals surface area contributed by atoms with Gasteiger partial charge in [0, 0.05) is 0 Å². The Labute approximate surface area is 66.4 Å². The van der Waals surface area contributed by atoms with Gasteiger partial charge in [-0.3, -0.25) is 4.79 Å². The van der Waals surface area contributed by atoms with E-state index in [-0.39, 0.29) is 11.5 Å². The van der Waals surface area contributed by atoms with Gasteiger partial charge in [-0.25, -0.2) is 0 Å². The Hall–Kier alpha value is -0.990. The normalized spacial score (nSPS) is 9.18. The standard InChI is InChI=1S/C6H9NO2.C2H6/c1-4(2)5-3-9-7-6(5)8;1-2/h3-4H,1-2H3,(H,7,8);1-2H3. The zero-order valence-electron chi connectivity index (χ0n) is 7.47. The van der Waals surface area contributed by atoms with Crippen LogP contribution in [0, 0.1) is 0 Å². The Bertz CT molecular complexity index is 234. The third-order valence-electron chi connectivity index (χ3n) is 1.22. The molecule has 3 heteroatoms. The Morgan fingerprint density at radius 1 is 1.45 bits per heavy atom. The van der Waals surface area contributed by atoms with Crippen LogP contribution in [0.25, 0.3) is 0 Å². The minimum atomic E-state index is -0.120. The average Bonchev–Trinajstić information content (AvgIpc) is 2.39. The summed E-state index contributed by atoms with van der Waals surface area (Å²) in [5.41, 5.74) is 0.583. The second-order valence-corrected chi connectivity index (χ2v) is 2.28. The van der Waals surface area contributed by atoms with Gasteiger partial charge < -0.3 is 4.52 Å². The summed E-state index contributed by atoms with van der Waals surface area (Å²) in [5, 5.41) is 2.22. The SMILES string of the molecule is CC.CC(C)c1co[nH]c1=O. The van der Waals surface area contributed by atoms with Gasteiger partial charge in [0.05, 0.1) is 5.56 Å². The maximum absolute atomic E-state index is 10.7. The molecule has 0 aromatic carbocycles. The number of hydrogen-bond donors (Lipinski definition) is 1. The Kier molecular flexibility index (Phi) is 4.34. The molecule has 0 unspecified atom stereocenters. The second-order valence-electron chi connectivity index (χ2n) is 2.28. The topological polar surface area (TPSA) is 46.0 Å². The van der Waals surface area contributed by atoms with Crippen molar-refractivity contribution in [3.8, 4) is 0 Å². The van der Waals surface area contributed by atoms with E-state index in [1.807, 2.05) is 27.7 Å². The van der Waals surface area contributed by atoms with Gasteiger partial charge in [0.2, 0.25) is 0 Å². The first-order chi connectivity index (χ1) is 5.22. The highest BCUT2D eigenvalue weighted by molar-refractivity contribution is 5.05. The highest BCUT2D eigenvalue weighted by Gasteiger charge is 2.04. The van der Waals surface area contributed by atoms with Crippen molar-refractivity contribution < 1.29 is 4.52 Å². The van der Waals surface area contributed by atoms with Crippen molar-refractivity contribution >= 4 is 0 Å². The van der Waals surface area contributed by atoms with E-state index >= 15 is 0 Å². The maximum atomic E-state index is 10.7. The van der Waals surface area contributed by atoms with Gasteiger partial charge in [-0.05, 0) is 5.92 Å². The van der Waals surface area contributed by atoms with E-state index in [1.165, 1.54) is 6.26 Å². The fraction of sp³-hybridized carbons (Fsp3) is 0.625. The van der Waals surface area contributed by atoms with Crippen molar-refractivity contribution in [1.29, 1.82) is 0 Å². The smallest absolute Gasteiger partial charge is 0.283 e. The largest absolute Gasteiger partial charge is 0.387 e. The lowest BCUT2D eigenvalue weighted by Gasteiger charge is -1.92. The molecule has 1 rings (SSSR count). The molecule has 0 saturated carbocycles. The van der Waals surface area contributed by atoms with Crippen LogP contribution in [0.4, 0.5) is 0 Å². The van der Waals surface area contributed by atoms with Crippen LogP contribution >= 0.6 is 0 Å². The van der Waals surface area contributed by atoms with E-state index in [0.29, 0.717) is 5.56 Å². The number of nitrogens with one attached hydrogen (secondary N) is 1. The maximum Gasteiger partial charge on any atom is 0.283 e. The molecule has 0 aliphatic heterocycles. The highest BCUT2D eigenvalue weighted by Crippen LogP contribution is 2.06. The van der Waals surface area contributed by atoms with Crippen LogP contribution in [-0.4, -0.2) is 5.16 Å². The van der Waals surface area contributed by atoms with Crippen LogP contribution in [0.1, 0.15) is 39.2 Å². The average molecular weight is 157 g/mol. The van der Waals surface area contributed by atoms with Crippen LogP contribution < -0.4 is 5.56 Å². The number of aromatic nitrogens is 1. The van der Waals surface area contributed by atoms with E-state index in [9.17, 15) is 4.79 Å². The zero-order chi connectivity index (χ0) is 8.85. The van der Waals surface area contributed by atoms with E-state index < -0.39 is 0 Å². The van der Waals surface area contributed by atoms with Gasteiger partial charge in [0.15, 0.2) is 0 Å². The molecule has 1 N–H and O–H groups in total. The first-order valence-corrected chi connectivity index (χ1v) is 3.88. The van der Waals surface area contributed by atoms with E-state index in [4.69, 9.17) is 0 Å². The number of rotatable bonds is 1. The minimum absolute atomic E-state index is 0.120. The molecule has 11 heavy (non-hydrogen) atoms. The molecule has 64 valence electrons. The van der Waals surface area contributed by atoms with Gasteiger partial charge in [-0.2, -0.15) is 5.16 Å². The summed E-state index contributed by atoms with van der Waals surface area (Å²) < 4.78 is 4.57. The predicted molar refractivity (Wildman–Crippen MR) is 44.8 cm³/mol. The fourth-order valence-corrected chi connectivity index (χ4v) is 0.657. The molecular formula is C8H15NO2. The Balaban J connectivity index is 0.000000461. The fourth-order valence-electron chi connectivity index (χ4n) is 0.657. The third kappa shape index (κ3) is 2.62. The van der Waals surface area contributed by atoms with Gasteiger partial charge in [-0.15, -0.1) is 0 Å². The molecule has 3 nitrogen and oxygen atoms in total. The summed E-state index contributed by atoms with van der Waals surface area (Å²) in [4.78, 5) is 10.7. The predicted octanol–water partition coefficient (Wildman–Crippen LogP) is 2.12. The molecular weight excluding hydrogens is 142 g/mol. The lowest BCUT2D eigenvalue weighted by Crippen LogP contribution is -2.05. The summed E-state index contributed by atoms with van der Waals surface area (Å²) in [5.74, 6) is 0.243. The van der Waals surface area contributed by atoms with Gasteiger partial charge in [0.25, 0.3) is 5.56 Å². The van der Waals surface area contributed by atoms with Crippen molar-refractivity contribution in [3.05, 3.63) is 22.2 Å². The molecule has 0 saturated heterocycles. The van der Waals surface area contributed by atoms with Crippen LogP contribution in [0.3, 0.4) is 0 Å². The number of aromatic amines is 1. The number of H-pyrrole nitrogens is 1. The van der Waals surface area contributed by atoms with Gasteiger partial charge in [-0.1, -0.05) is 27.7 Å². The molecule has 0 bridgehead atoms. The van der Waals surface area contributed by atoms with Crippen molar-refractivity contribution in [2.45, 2.75) is 33.6 Å². The summed E-state index contributed by atoms with van der Waals surface area (Å²) in [6.07, 6.45) is 1.45. The molecule has 1 aromatic rings. The highest BCUT2D eigenvalue weighted by atomic mass is 16.5. The lowest BCUT2D eigenvalue weighted by molar-refractivity contribution is 0.413. The zero-order valence-corrected chi connectivity index (χ0v) is 7.47. The van der Waals surface area contributed by atoms with Crippen LogP contribution in [0.2, 0.25) is 0 Å². The molecule has 0 aliphatic carbocycles. The summed E-state index contributed by atoms with van der Waals surface area (Å²) in [7, 11) is 0. The minimum Gasteiger partial charge on any atom is -0.387 e. The summed E-state index contributed by atoms with van der Waals surface area (Å²) in [6.45, 7) is 7.89. The Morgan fingerprint density at radius 2 is 2.00 bits per heavy atom. The molecule has 1 heterocycles. The lowest BCUT2D eigenvalue weighted by atomic mass is 10.1. The molecule has 0 amide bonds. The molecule has 0 radical (unpaired) electrons. The molecule has 0 fully saturated rings. The Morgan fingerprint density at radius 3 is 2.18 bits per heavy atom.